The van der Waals surface area contributed by atoms with Crippen molar-refractivity contribution in [2.75, 3.05) is 24.7 Å². The van der Waals surface area contributed by atoms with E-state index in [0.29, 0.717) is 0 Å². The summed E-state index contributed by atoms with van der Waals surface area (Å²) in [5.41, 5.74) is 0.267. The number of hydrogen-bond acceptors (Lipinski definition) is 3. The van der Waals surface area contributed by atoms with E-state index in [1.807, 2.05) is 18.4 Å². The van der Waals surface area contributed by atoms with Crippen molar-refractivity contribution >= 4 is 11.8 Å². The van der Waals surface area contributed by atoms with E-state index in [-0.39, 0.29) is 5.54 Å². The average molecular weight is 144 g/mol. The normalized spacial score (nSPS) is 32.0. The third-order valence-electron chi connectivity index (χ3n) is 1.73. The van der Waals surface area contributed by atoms with Crippen LogP contribution in [-0.4, -0.2) is 30.2 Å². The molecule has 2 aliphatic heterocycles. The second-order valence-electron chi connectivity index (χ2n) is 2.56. The second kappa shape index (κ2) is 2.15. The van der Waals surface area contributed by atoms with Crippen molar-refractivity contribution in [3.8, 4) is 0 Å². The van der Waals surface area contributed by atoms with Crippen molar-refractivity contribution in [3.05, 3.63) is 6.61 Å². The first-order chi connectivity index (χ1) is 4.41. The summed E-state index contributed by atoms with van der Waals surface area (Å²) < 4.78 is 5.01. The molecular weight excluding hydrogens is 134 g/mol. The molecule has 2 heterocycles. The summed E-state index contributed by atoms with van der Waals surface area (Å²) in [6.07, 6.45) is 0. The molecule has 0 aromatic rings. The molecule has 0 aromatic heterocycles. The number of ether oxygens (including phenoxy) is 1. The summed E-state index contributed by atoms with van der Waals surface area (Å²) >= 11 is 2.00. The molecule has 51 valence electrons. The van der Waals surface area contributed by atoms with Gasteiger partial charge in [-0.05, 0) is 0 Å². The minimum atomic E-state index is 0.267. The molecule has 2 fully saturated rings. The van der Waals surface area contributed by atoms with Gasteiger partial charge >= 0.3 is 0 Å². The van der Waals surface area contributed by atoms with Gasteiger partial charge in [-0.3, -0.25) is 0 Å². The second-order valence-corrected chi connectivity index (χ2v) is 3.67. The lowest BCUT2D eigenvalue weighted by atomic mass is 10.0. The van der Waals surface area contributed by atoms with Crippen LogP contribution in [0, 0.1) is 6.61 Å². The molecule has 3 heteroatoms. The summed E-state index contributed by atoms with van der Waals surface area (Å²) in [5.74, 6) is 2.43. The highest BCUT2D eigenvalue weighted by Crippen LogP contribution is 2.28. The van der Waals surface area contributed by atoms with Gasteiger partial charge < -0.3 is 10.1 Å². The van der Waals surface area contributed by atoms with E-state index in [1.165, 1.54) is 11.5 Å². The molecule has 0 saturated carbocycles. The van der Waals surface area contributed by atoms with E-state index in [1.54, 1.807) is 0 Å². The predicted octanol–water partition coefficient (Wildman–Crippen LogP) is 0.254. The lowest BCUT2D eigenvalue weighted by Crippen LogP contribution is -2.61. The van der Waals surface area contributed by atoms with E-state index in [9.17, 15) is 0 Å². The first-order valence-corrected chi connectivity index (χ1v) is 4.36. The number of thioether (sulfide) groups is 1. The lowest BCUT2D eigenvalue weighted by Gasteiger charge is -2.43. The van der Waals surface area contributed by atoms with Crippen molar-refractivity contribution in [3.63, 3.8) is 0 Å². The van der Waals surface area contributed by atoms with E-state index < -0.39 is 0 Å². The van der Waals surface area contributed by atoms with Gasteiger partial charge in [0.05, 0.1) is 12.1 Å². The molecule has 0 amide bonds. The van der Waals surface area contributed by atoms with Gasteiger partial charge in [0, 0.05) is 18.1 Å². The van der Waals surface area contributed by atoms with Gasteiger partial charge in [-0.2, -0.15) is 11.8 Å². The summed E-state index contributed by atoms with van der Waals surface area (Å²) in [5, 5.41) is 3.43. The van der Waals surface area contributed by atoms with Crippen LogP contribution in [0.4, 0.5) is 0 Å². The van der Waals surface area contributed by atoms with Gasteiger partial charge in [0.25, 0.3) is 0 Å². The van der Waals surface area contributed by atoms with Crippen LogP contribution in [0.1, 0.15) is 0 Å². The Morgan fingerprint density at radius 1 is 1.67 bits per heavy atom. The lowest BCUT2D eigenvalue weighted by molar-refractivity contribution is 0.00194. The number of rotatable bonds is 0. The fourth-order valence-electron chi connectivity index (χ4n) is 1.13. The summed E-state index contributed by atoms with van der Waals surface area (Å²) in [7, 11) is 0. The monoisotopic (exact) mass is 144 g/mol. The van der Waals surface area contributed by atoms with E-state index in [0.717, 1.165) is 13.2 Å². The van der Waals surface area contributed by atoms with Gasteiger partial charge in [0.15, 0.2) is 0 Å². The van der Waals surface area contributed by atoms with Gasteiger partial charge in [0.2, 0.25) is 0 Å². The Morgan fingerprint density at radius 3 is 2.89 bits per heavy atom. The van der Waals surface area contributed by atoms with Crippen molar-refractivity contribution in [2.24, 2.45) is 0 Å². The van der Waals surface area contributed by atoms with E-state index in [4.69, 9.17) is 4.74 Å². The zero-order valence-electron chi connectivity index (χ0n) is 5.22. The molecule has 1 N–H and O–H groups in total. The first-order valence-electron chi connectivity index (χ1n) is 3.20. The smallest absolute Gasteiger partial charge is 0.107 e. The Hall–Kier alpha value is 0.270. The third-order valence-corrected chi connectivity index (χ3v) is 2.94. The van der Waals surface area contributed by atoms with Crippen molar-refractivity contribution in [1.82, 2.24) is 5.32 Å². The van der Waals surface area contributed by atoms with Crippen LogP contribution in [0.15, 0.2) is 0 Å². The molecule has 0 aliphatic carbocycles. The maximum absolute atomic E-state index is 5.01. The van der Waals surface area contributed by atoms with Crippen LogP contribution < -0.4 is 5.32 Å². The van der Waals surface area contributed by atoms with Crippen LogP contribution in [-0.2, 0) is 4.74 Å². The van der Waals surface area contributed by atoms with Crippen molar-refractivity contribution in [2.45, 2.75) is 5.54 Å². The van der Waals surface area contributed by atoms with E-state index >= 15 is 0 Å². The third kappa shape index (κ3) is 0.974. The molecule has 1 unspecified atom stereocenters. The maximum atomic E-state index is 5.01. The highest BCUT2D eigenvalue weighted by atomic mass is 32.2. The average Bonchev–Trinajstić information content (AvgIpc) is 1.87. The Morgan fingerprint density at radius 2 is 2.56 bits per heavy atom. The van der Waals surface area contributed by atoms with Crippen molar-refractivity contribution < 1.29 is 4.74 Å². The summed E-state index contributed by atoms with van der Waals surface area (Å²) in [4.78, 5) is 0. The molecule has 1 radical (unpaired) electrons. The Kier molecular flexibility index (Phi) is 1.43. The highest BCUT2D eigenvalue weighted by Gasteiger charge is 2.40. The topological polar surface area (TPSA) is 21.3 Å². The minimum Gasteiger partial charge on any atom is -0.371 e. The van der Waals surface area contributed by atoms with Gasteiger partial charge in [-0.1, -0.05) is 0 Å². The fourth-order valence-corrected chi connectivity index (χ4v) is 2.14. The molecular formula is C6H10NOS. The Bertz CT molecular complexity index is 106. The fraction of sp³-hybridized carbons (Fsp3) is 0.833. The van der Waals surface area contributed by atoms with Crippen molar-refractivity contribution in [1.29, 1.82) is 0 Å². The zero-order chi connectivity index (χ0) is 6.16. The summed E-state index contributed by atoms with van der Waals surface area (Å²) in [6.45, 7) is 3.93. The Balaban J connectivity index is 1.93. The maximum Gasteiger partial charge on any atom is 0.107 e. The number of hydrogen-bond donors (Lipinski definition) is 1. The molecule has 2 rings (SSSR count). The molecule has 2 saturated heterocycles. The summed E-state index contributed by atoms with van der Waals surface area (Å²) in [6, 6.07) is 0. The van der Waals surface area contributed by atoms with Crippen LogP contribution in [0.25, 0.3) is 0 Å². The highest BCUT2D eigenvalue weighted by molar-refractivity contribution is 7.99. The van der Waals surface area contributed by atoms with Gasteiger partial charge in [-0.25, -0.2) is 0 Å². The quantitative estimate of drug-likeness (QED) is 0.526. The van der Waals surface area contributed by atoms with Crippen LogP contribution in [0.3, 0.4) is 0 Å². The molecule has 9 heavy (non-hydrogen) atoms. The molecule has 2 aliphatic rings. The number of nitrogens with one attached hydrogen (secondary N) is 1. The van der Waals surface area contributed by atoms with E-state index in [2.05, 4.69) is 5.32 Å². The Labute approximate surface area is 59.3 Å². The molecule has 1 spiro atoms. The predicted molar refractivity (Wildman–Crippen MR) is 38.3 cm³/mol. The minimum absolute atomic E-state index is 0.267. The van der Waals surface area contributed by atoms with Crippen LogP contribution >= 0.6 is 11.8 Å². The standard InChI is InChI=1S/C6H10NOS/c1-2-9-5-6(7-1)3-8-4-6/h3,7H,1-2,4-5H2. The largest absolute Gasteiger partial charge is 0.371 e. The molecule has 1 atom stereocenters. The van der Waals surface area contributed by atoms with Gasteiger partial charge in [0.1, 0.15) is 6.61 Å². The van der Waals surface area contributed by atoms with Crippen LogP contribution in [0.2, 0.25) is 0 Å². The van der Waals surface area contributed by atoms with Gasteiger partial charge in [-0.15, -0.1) is 0 Å². The van der Waals surface area contributed by atoms with Crippen LogP contribution in [0.5, 0.6) is 0 Å². The molecule has 2 nitrogen and oxygen atoms in total. The first kappa shape index (κ1) is 6.01. The SMILES string of the molecule is [CH]1OCC12CSCCN2. The molecule has 0 aromatic carbocycles. The molecule has 0 bridgehead atoms. The zero-order valence-corrected chi connectivity index (χ0v) is 6.04.